The Morgan fingerprint density at radius 2 is 1.69 bits per heavy atom. The van der Waals surface area contributed by atoms with Gasteiger partial charge in [0.25, 0.3) is 5.56 Å². The van der Waals surface area contributed by atoms with Crippen LogP contribution >= 0.6 is 11.6 Å². The van der Waals surface area contributed by atoms with Gasteiger partial charge in [-0.25, -0.2) is 4.68 Å². The standard InChI is InChI=1S/C28H25ClN4O2/c1-19(21-7-3-2-4-8-21)15-30-26(34)18-33-28(35)27-24(16-31-33)23-9-5-6-10-25(23)32(27)17-20-11-13-22(29)14-12-20/h2-14,16,19H,15,17-18H2,1H3,(H,30,34)/t19-/m1/s1. The molecule has 7 heteroatoms. The zero-order valence-electron chi connectivity index (χ0n) is 19.3. The molecule has 176 valence electrons. The molecule has 35 heavy (non-hydrogen) atoms. The Labute approximate surface area is 207 Å². The molecule has 2 heterocycles. The number of para-hydroxylation sites is 1. The maximum Gasteiger partial charge on any atom is 0.291 e. The Kier molecular flexibility index (Phi) is 6.38. The monoisotopic (exact) mass is 484 g/mol. The molecule has 0 aliphatic heterocycles. The third-order valence-electron chi connectivity index (χ3n) is 6.29. The summed E-state index contributed by atoms with van der Waals surface area (Å²) >= 11 is 6.05. The second-order valence-electron chi connectivity index (χ2n) is 8.72. The van der Waals surface area contributed by atoms with E-state index in [1.54, 1.807) is 6.20 Å². The molecular weight excluding hydrogens is 460 g/mol. The van der Waals surface area contributed by atoms with Crippen LogP contribution in [0.25, 0.3) is 21.8 Å². The number of amides is 1. The van der Waals surface area contributed by atoms with Crippen LogP contribution in [-0.2, 0) is 17.9 Å². The zero-order chi connectivity index (χ0) is 24.4. The van der Waals surface area contributed by atoms with E-state index in [0.29, 0.717) is 23.6 Å². The highest BCUT2D eigenvalue weighted by molar-refractivity contribution is 6.30. The van der Waals surface area contributed by atoms with Crippen LogP contribution in [0.5, 0.6) is 0 Å². The molecule has 0 radical (unpaired) electrons. The molecular formula is C28H25ClN4O2. The second kappa shape index (κ2) is 9.76. The van der Waals surface area contributed by atoms with Crippen molar-refractivity contribution in [1.29, 1.82) is 0 Å². The summed E-state index contributed by atoms with van der Waals surface area (Å²) in [5.74, 6) is -0.0867. The van der Waals surface area contributed by atoms with Crippen molar-refractivity contribution in [3.05, 3.63) is 112 Å². The topological polar surface area (TPSA) is 68.9 Å². The second-order valence-corrected chi connectivity index (χ2v) is 9.15. The molecule has 1 N–H and O–H groups in total. The summed E-state index contributed by atoms with van der Waals surface area (Å²) in [5, 5.41) is 9.65. The van der Waals surface area contributed by atoms with E-state index < -0.39 is 0 Å². The van der Waals surface area contributed by atoms with Crippen molar-refractivity contribution >= 4 is 39.3 Å². The minimum Gasteiger partial charge on any atom is -0.354 e. The average molecular weight is 485 g/mol. The van der Waals surface area contributed by atoms with Crippen molar-refractivity contribution in [2.24, 2.45) is 0 Å². The van der Waals surface area contributed by atoms with E-state index in [1.165, 1.54) is 4.68 Å². The third-order valence-corrected chi connectivity index (χ3v) is 6.55. The van der Waals surface area contributed by atoms with Crippen LogP contribution in [0.2, 0.25) is 5.02 Å². The number of fused-ring (bicyclic) bond motifs is 3. The SMILES string of the molecule is C[C@H](CNC(=O)Cn1ncc2c3ccccc3n(Cc3ccc(Cl)cc3)c2c1=O)c1ccccc1. The fraction of sp³-hybridized carbons (Fsp3) is 0.179. The van der Waals surface area contributed by atoms with E-state index in [1.807, 2.05) is 83.4 Å². The van der Waals surface area contributed by atoms with Gasteiger partial charge in [0.15, 0.2) is 0 Å². The maximum absolute atomic E-state index is 13.5. The van der Waals surface area contributed by atoms with Gasteiger partial charge >= 0.3 is 0 Å². The van der Waals surface area contributed by atoms with Crippen molar-refractivity contribution in [1.82, 2.24) is 19.7 Å². The van der Waals surface area contributed by atoms with Gasteiger partial charge in [-0.1, -0.05) is 79.2 Å². The maximum atomic E-state index is 13.5. The quantitative estimate of drug-likeness (QED) is 0.354. The number of hydrogen-bond donors (Lipinski definition) is 1. The van der Waals surface area contributed by atoms with Gasteiger partial charge < -0.3 is 9.88 Å². The first-order valence-corrected chi connectivity index (χ1v) is 11.9. The van der Waals surface area contributed by atoms with Crippen LogP contribution < -0.4 is 10.9 Å². The van der Waals surface area contributed by atoms with E-state index in [9.17, 15) is 9.59 Å². The average Bonchev–Trinajstić information content (AvgIpc) is 3.20. The predicted molar refractivity (Wildman–Crippen MR) is 140 cm³/mol. The van der Waals surface area contributed by atoms with Gasteiger partial charge in [0.1, 0.15) is 12.1 Å². The smallest absolute Gasteiger partial charge is 0.291 e. The molecule has 0 saturated carbocycles. The van der Waals surface area contributed by atoms with Crippen LogP contribution in [0.1, 0.15) is 24.0 Å². The summed E-state index contributed by atoms with van der Waals surface area (Å²) in [6.07, 6.45) is 1.68. The van der Waals surface area contributed by atoms with E-state index in [-0.39, 0.29) is 23.9 Å². The molecule has 5 aromatic rings. The van der Waals surface area contributed by atoms with Crippen molar-refractivity contribution in [2.75, 3.05) is 6.54 Å². The minimum atomic E-state index is -0.293. The summed E-state index contributed by atoms with van der Waals surface area (Å²) in [4.78, 5) is 26.2. The van der Waals surface area contributed by atoms with Crippen molar-refractivity contribution < 1.29 is 4.79 Å². The minimum absolute atomic E-state index is 0.140. The lowest BCUT2D eigenvalue weighted by atomic mass is 10.0. The predicted octanol–water partition coefficient (Wildman–Crippen LogP) is 4.97. The van der Waals surface area contributed by atoms with E-state index in [0.717, 1.165) is 27.4 Å². The normalized spacial score (nSPS) is 12.2. The summed E-state index contributed by atoms with van der Waals surface area (Å²) < 4.78 is 3.23. The molecule has 0 spiro atoms. The number of carbonyl (C=O) groups excluding carboxylic acids is 1. The molecule has 1 atom stereocenters. The van der Waals surface area contributed by atoms with E-state index in [2.05, 4.69) is 17.3 Å². The van der Waals surface area contributed by atoms with E-state index in [4.69, 9.17) is 11.6 Å². The molecule has 0 unspecified atom stereocenters. The molecule has 0 aliphatic carbocycles. The van der Waals surface area contributed by atoms with Gasteiger partial charge in [0.05, 0.1) is 6.20 Å². The lowest BCUT2D eigenvalue weighted by Crippen LogP contribution is -2.35. The highest BCUT2D eigenvalue weighted by Crippen LogP contribution is 2.27. The van der Waals surface area contributed by atoms with Crippen LogP contribution in [0.4, 0.5) is 0 Å². The summed E-state index contributed by atoms with van der Waals surface area (Å²) in [5.41, 5.74) is 3.35. The first-order valence-electron chi connectivity index (χ1n) is 11.5. The van der Waals surface area contributed by atoms with Crippen molar-refractivity contribution in [3.8, 4) is 0 Å². The summed E-state index contributed by atoms with van der Waals surface area (Å²) in [7, 11) is 0. The Hall–Kier alpha value is -3.90. The number of halogens is 1. The molecule has 0 saturated heterocycles. The number of nitrogens with one attached hydrogen (secondary N) is 1. The first-order chi connectivity index (χ1) is 17.0. The Morgan fingerprint density at radius 3 is 2.46 bits per heavy atom. The number of benzene rings is 3. The highest BCUT2D eigenvalue weighted by atomic mass is 35.5. The third kappa shape index (κ3) is 4.70. The summed E-state index contributed by atoms with van der Waals surface area (Å²) in [6.45, 7) is 2.90. The number of rotatable bonds is 7. The first kappa shape index (κ1) is 22.9. The molecule has 2 aromatic heterocycles. The fourth-order valence-corrected chi connectivity index (χ4v) is 4.53. The van der Waals surface area contributed by atoms with E-state index >= 15 is 0 Å². The van der Waals surface area contributed by atoms with Crippen LogP contribution in [0, 0.1) is 0 Å². The van der Waals surface area contributed by atoms with Crippen LogP contribution in [0.3, 0.4) is 0 Å². The summed E-state index contributed by atoms with van der Waals surface area (Å²) in [6, 6.07) is 25.5. The number of hydrogen-bond acceptors (Lipinski definition) is 3. The molecule has 3 aromatic carbocycles. The molecule has 5 rings (SSSR count). The lowest BCUT2D eigenvalue weighted by molar-refractivity contribution is -0.121. The van der Waals surface area contributed by atoms with Gasteiger partial charge in [-0.15, -0.1) is 0 Å². The van der Waals surface area contributed by atoms with Crippen LogP contribution in [-0.4, -0.2) is 26.8 Å². The Morgan fingerprint density at radius 1 is 0.971 bits per heavy atom. The lowest BCUT2D eigenvalue weighted by Gasteiger charge is -2.13. The largest absolute Gasteiger partial charge is 0.354 e. The molecule has 6 nitrogen and oxygen atoms in total. The molecule has 1 amide bonds. The Bertz CT molecular complexity index is 1560. The van der Waals surface area contributed by atoms with Crippen molar-refractivity contribution in [3.63, 3.8) is 0 Å². The van der Waals surface area contributed by atoms with Gasteiger partial charge in [0, 0.05) is 34.4 Å². The zero-order valence-corrected chi connectivity index (χ0v) is 20.1. The Balaban J connectivity index is 1.44. The van der Waals surface area contributed by atoms with Gasteiger partial charge in [-0.2, -0.15) is 5.10 Å². The number of aromatic nitrogens is 3. The highest BCUT2D eigenvalue weighted by Gasteiger charge is 2.17. The van der Waals surface area contributed by atoms with Crippen LogP contribution in [0.15, 0.2) is 89.9 Å². The van der Waals surface area contributed by atoms with Crippen molar-refractivity contribution in [2.45, 2.75) is 25.9 Å². The molecule has 0 bridgehead atoms. The molecule has 0 fully saturated rings. The fourth-order valence-electron chi connectivity index (χ4n) is 4.40. The van der Waals surface area contributed by atoms with Gasteiger partial charge in [0.2, 0.25) is 5.91 Å². The van der Waals surface area contributed by atoms with Gasteiger partial charge in [-0.3, -0.25) is 9.59 Å². The molecule has 0 aliphatic rings. The number of carbonyl (C=O) groups is 1. The van der Waals surface area contributed by atoms with Gasteiger partial charge in [-0.05, 0) is 35.2 Å². The number of nitrogens with zero attached hydrogens (tertiary/aromatic N) is 3.